The summed E-state index contributed by atoms with van der Waals surface area (Å²) in [5.41, 5.74) is 4.74. The van der Waals surface area contributed by atoms with E-state index >= 15 is 0 Å². The van der Waals surface area contributed by atoms with Crippen LogP contribution in [-0.2, 0) is 12.2 Å². The second-order valence-electron chi connectivity index (χ2n) is 3.48. The molecule has 3 N–H and O–H groups in total. The van der Waals surface area contributed by atoms with Crippen LogP contribution in [0.1, 0.15) is 11.5 Å². The van der Waals surface area contributed by atoms with Crippen LogP contribution < -0.4 is 18.1 Å². The monoisotopic (exact) mass is 289 g/mol. The molecule has 1 aromatic carbocycles. The normalized spacial score (nSPS) is 10.1. The van der Waals surface area contributed by atoms with Crippen LogP contribution in [0.4, 0.5) is 4.39 Å². The van der Waals surface area contributed by atoms with Gasteiger partial charge in [0.2, 0.25) is 5.89 Å². The molecule has 0 radical (unpaired) electrons. The summed E-state index contributed by atoms with van der Waals surface area (Å²) < 4.78 is 18.1. The van der Waals surface area contributed by atoms with E-state index in [1.165, 1.54) is 23.9 Å². The van der Waals surface area contributed by atoms with E-state index in [-0.39, 0.29) is 18.2 Å². The number of nitrogens with zero attached hydrogens (tertiary/aromatic N) is 2. The van der Waals surface area contributed by atoms with Gasteiger partial charge in [0.25, 0.3) is 5.22 Å². The predicted molar refractivity (Wildman–Crippen MR) is 61.7 cm³/mol. The van der Waals surface area contributed by atoms with Crippen LogP contribution in [0, 0.1) is 5.82 Å². The van der Waals surface area contributed by atoms with E-state index < -0.39 is 0 Å². The second kappa shape index (κ2) is 7.35. The molecule has 0 amide bonds. The van der Waals surface area contributed by atoms with E-state index in [2.05, 4.69) is 15.9 Å². The molecule has 0 atom stereocenters. The molecule has 0 saturated heterocycles. The van der Waals surface area contributed by atoms with Crippen LogP contribution in [0.25, 0.3) is 0 Å². The Balaban J connectivity index is 0.00000162. The molecule has 0 aliphatic carbocycles. The number of halogens is 2. The Bertz CT molecular complexity index is 477. The largest absolute Gasteiger partial charge is 1.00 e. The topological polar surface area (TPSA) is 66.6 Å². The van der Waals surface area contributed by atoms with Gasteiger partial charge in [0.15, 0.2) is 0 Å². The number of hydrogen-bond donors (Lipinski definition) is 1. The van der Waals surface area contributed by atoms with Crippen molar-refractivity contribution in [3.63, 3.8) is 0 Å². The van der Waals surface area contributed by atoms with Crippen LogP contribution in [0.15, 0.2) is 33.9 Å². The van der Waals surface area contributed by atoms with Crippen molar-refractivity contribution in [2.75, 3.05) is 6.54 Å². The maximum absolute atomic E-state index is 12.7. The minimum Gasteiger partial charge on any atom is -1.00 e. The van der Waals surface area contributed by atoms with Gasteiger partial charge in [-0.3, -0.25) is 0 Å². The maximum atomic E-state index is 12.7. The number of rotatable bonds is 5. The van der Waals surface area contributed by atoms with Crippen molar-refractivity contribution in [3.8, 4) is 0 Å². The lowest BCUT2D eigenvalue weighted by atomic mass is 10.2. The second-order valence-corrected chi connectivity index (χ2v) is 4.41. The van der Waals surface area contributed by atoms with Gasteiger partial charge in [-0.1, -0.05) is 23.9 Å². The molecule has 7 heteroatoms. The van der Waals surface area contributed by atoms with Crippen molar-refractivity contribution in [1.29, 1.82) is 0 Å². The molecule has 0 bridgehead atoms. The van der Waals surface area contributed by atoms with Gasteiger partial charge in [-0.15, -0.1) is 10.2 Å². The van der Waals surface area contributed by atoms with Gasteiger partial charge in [-0.25, -0.2) is 4.39 Å². The predicted octanol–water partition coefficient (Wildman–Crippen LogP) is -1.71. The first-order chi connectivity index (χ1) is 8.28. The number of benzene rings is 1. The maximum Gasteiger partial charge on any atom is 0.276 e. The fraction of sp³-hybridized carbons (Fsp3) is 0.273. The molecule has 1 heterocycles. The summed E-state index contributed by atoms with van der Waals surface area (Å²) in [6.45, 7) is 0.740. The number of thioether (sulfide) groups is 1. The molecule has 0 aliphatic heterocycles. The summed E-state index contributed by atoms with van der Waals surface area (Å²) in [5.74, 6) is 1.07. The minimum atomic E-state index is -0.228. The lowest BCUT2D eigenvalue weighted by Crippen LogP contribution is -3.00. The molecule has 18 heavy (non-hydrogen) atoms. The molecule has 1 aromatic heterocycles. The molecule has 0 saturated carbocycles. The van der Waals surface area contributed by atoms with Crippen LogP contribution >= 0.6 is 11.8 Å². The molecule has 0 spiro atoms. The van der Waals surface area contributed by atoms with Gasteiger partial charge < -0.3 is 22.6 Å². The standard InChI is InChI=1S/C11H12FN3OS.ClH/c12-9-3-1-8(2-4-9)7-17-11-15-14-10(16-11)5-6-13;/h1-4H,5-7,13H2;1H. The molecular formula is C11H13ClFN3OS. The highest BCUT2D eigenvalue weighted by molar-refractivity contribution is 7.98. The Kier molecular flexibility index (Phi) is 6.11. The minimum absolute atomic E-state index is 0. The smallest absolute Gasteiger partial charge is 0.276 e. The van der Waals surface area contributed by atoms with E-state index in [1.54, 1.807) is 12.1 Å². The fourth-order valence-corrected chi connectivity index (χ4v) is 2.01. The highest BCUT2D eigenvalue weighted by Crippen LogP contribution is 2.21. The van der Waals surface area contributed by atoms with Crippen molar-refractivity contribution in [3.05, 3.63) is 41.5 Å². The average molecular weight is 290 g/mol. The zero-order valence-corrected chi connectivity index (χ0v) is 11.2. The van der Waals surface area contributed by atoms with Crippen molar-refractivity contribution >= 4 is 11.8 Å². The van der Waals surface area contributed by atoms with Gasteiger partial charge in [0, 0.05) is 5.75 Å². The van der Waals surface area contributed by atoms with Crippen LogP contribution in [0.2, 0.25) is 0 Å². The molecule has 4 nitrogen and oxygen atoms in total. The van der Waals surface area contributed by atoms with Gasteiger partial charge in [-0.2, -0.15) is 0 Å². The highest BCUT2D eigenvalue weighted by atomic mass is 35.5. The Labute approximate surface area is 115 Å². The lowest BCUT2D eigenvalue weighted by Gasteiger charge is -1.97. The molecule has 2 rings (SSSR count). The zero-order chi connectivity index (χ0) is 12.1. The third kappa shape index (κ3) is 4.29. The number of quaternary nitrogens is 1. The molecule has 98 valence electrons. The number of hydrogen-bond acceptors (Lipinski definition) is 4. The van der Waals surface area contributed by atoms with E-state index in [0.29, 0.717) is 23.3 Å². The lowest BCUT2D eigenvalue weighted by molar-refractivity contribution is -0.367. The summed E-state index contributed by atoms with van der Waals surface area (Å²) in [6.07, 6.45) is 0.699. The van der Waals surface area contributed by atoms with Crippen molar-refractivity contribution in [2.45, 2.75) is 17.4 Å². The number of aromatic nitrogens is 2. The van der Waals surface area contributed by atoms with Crippen molar-refractivity contribution < 1.29 is 26.9 Å². The van der Waals surface area contributed by atoms with Gasteiger partial charge in [0.05, 0.1) is 13.0 Å². The summed E-state index contributed by atoms with van der Waals surface area (Å²) in [5, 5.41) is 8.35. The quantitative estimate of drug-likeness (QED) is 0.666. The summed E-state index contributed by atoms with van der Waals surface area (Å²) in [7, 11) is 0. The molecule has 0 unspecified atom stereocenters. The molecule has 0 aliphatic rings. The van der Waals surface area contributed by atoms with Gasteiger partial charge >= 0.3 is 0 Å². The van der Waals surface area contributed by atoms with Crippen LogP contribution in [0.5, 0.6) is 0 Å². The Hall–Kier alpha value is -1.11. The van der Waals surface area contributed by atoms with Crippen LogP contribution in [0.3, 0.4) is 0 Å². The van der Waals surface area contributed by atoms with E-state index in [9.17, 15) is 4.39 Å². The summed E-state index contributed by atoms with van der Waals surface area (Å²) in [6, 6.07) is 6.38. The SMILES string of the molecule is [Cl-].[NH3+]CCc1nnc(SCc2ccc(F)cc2)o1. The highest BCUT2D eigenvalue weighted by Gasteiger charge is 2.06. The van der Waals surface area contributed by atoms with Crippen LogP contribution in [-0.4, -0.2) is 16.7 Å². The Morgan fingerprint density at radius 2 is 1.94 bits per heavy atom. The average Bonchev–Trinajstić information content (AvgIpc) is 2.77. The fourth-order valence-electron chi connectivity index (χ4n) is 1.27. The Morgan fingerprint density at radius 1 is 1.22 bits per heavy atom. The van der Waals surface area contributed by atoms with Crippen molar-refractivity contribution in [2.24, 2.45) is 0 Å². The zero-order valence-electron chi connectivity index (χ0n) is 9.60. The summed E-state index contributed by atoms with van der Waals surface area (Å²) in [4.78, 5) is 0. The molecule has 0 fully saturated rings. The Morgan fingerprint density at radius 3 is 2.61 bits per heavy atom. The molecular weight excluding hydrogens is 277 g/mol. The van der Waals surface area contributed by atoms with E-state index in [1.807, 2.05) is 0 Å². The van der Waals surface area contributed by atoms with E-state index in [0.717, 1.165) is 12.1 Å². The van der Waals surface area contributed by atoms with E-state index in [4.69, 9.17) is 4.42 Å². The summed E-state index contributed by atoms with van der Waals surface area (Å²) >= 11 is 1.44. The molecule has 2 aromatic rings. The first-order valence-corrected chi connectivity index (χ1v) is 6.25. The van der Waals surface area contributed by atoms with Gasteiger partial charge in [0.1, 0.15) is 5.82 Å². The van der Waals surface area contributed by atoms with Crippen molar-refractivity contribution in [1.82, 2.24) is 10.2 Å². The third-order valence-electron chi connectivity index (χ3n) is 2.11. The first-order valence-electron chi connectivity index (χ1n) is 5.27. The van der Waals surface area contributed by atoms with Gasteiger partial charge in [-0.05, 0) is 17.7 Å². The first kappa shape index (κ1) is 14.9. The third-order valence-corrected chi connectivity index (χ3v) is 3.00.